The summed E-state index contributed by atoms with van der Waals surface area (Å²) in [5.74, 6) is 0.309. The monoisotopic (exact) mass is 193 g/mol. The van der Waals surface area contributed by atoms with Crippen molar-refractivity contribution in [3.8, 4) is 5.75 Å². The third-order valence-electron chi connectivity index (χ3n) is 2.48. The molecule has 2 heteroatoms. The molecule has 14 heavy (non-hydrogen) atoms. The summed E-state index contributed by atoms with van der Waals surface area (Å²) < 4.78 is 0. The van der Waals surface area contributed by atoms with Crippen LogP contribution in [0, 0.1) is 5.41 Å². The molecule has 3 N–H and O–H groups in total. The van der Waals surface area contributed by atoms with Gasteiger partial charge in [0.15, 0.2) is 0 Å². The molecule has 0 bridgehead atoms. The lowest BCUT2D eigenvalue weighted by molar-refractivity contribution is 0.318. The third kappa shape index (κ3) is 3.04. The van der Waals surface area contributed by atoms with E-state index in [1.54, 1.807) is 12.1 Å². The van der Waals surface area contributed by atoms with E-state index < -0.39 is 0 Å². The van der Waals surface area contributed by atoms with Crippen molar-refractivity contribution in [1.82, 2.24) is 0 Å². The van der Waals surface area contributed by atoms with Gasteiger partial charge in [0, 0.05) is 6.04 Å². The smallest absolute Gasteiger partial charge is 0.115 e. The molecule has 1 atom stereocenters. The van der Waals surface area contributed by atoms with Gasteiger partial charge in [-0.3, -0.25) is 0 Å². The lowest BCUT2D eigenvalue weighted by atomic mass is 9.84. The van der Waals surface area contributed by atoms with Gasteiger partial charge in [0.2, 0.25) is 0 Å². The molecule has 1 unspecified atom stereocenters. The van der Waals surface area contributed by atoms with Crippen LogP contribution in [0.2, 0.25) is 0 Å². The van der Waals surface area contributed by atoms with Gasteiger partial charge in [-0.05, 0) is 29.5 Å². The molecule has 1 rings (SSSR count). The van der Waals surface area contributed by atoms with Gasteiger partial charge in [-0.25, -0.2) is 0 Å². The number of aromatic hydroxyl groups is 1. The first-order valence-corrected chi connectivity index (χ1v) is 4.93. The number of hydrogen-bond donors (Lipinski definition) is 2. The molecular formula is C12H19NO. The van der Waals surface area contributed by atoms with Gasteiger partial charge in [0.25, 0.3) is 0 Å². The third-order valence-corrected chi connectivity index (χ3v) is 2.48. The van der Waals surface area contributed by atoms with Crippen molar-refractivity contribution in [3.05, 3.63) is 29.8 Å². The van der Waals surface area contributed by atoms with Crippen molar-refractivity contribution in [1.29, 1.82) is 0 Å². The van der Waals surface area contributed by atoms with Gasteiger partial charge in [-0.2, -0.15) is 0 Å². The van der Waals surface area contributed by atoms with E-state index in [4.69, 9.17) is 5.73 Å². The zero-order valence-electron chi connectivity index (χ0n) is 9.12. The summed E-state index contributed by atoms with van der Waals surface area (Å²) in [5.41, 5.74) is 7.24. The van der Waals surface area contributed by atoms with Crippen LogP contribution in [0.1, 0.15) is 26.3 Å². The Morgan fingerprint density at radius 3 is 2.50 bits per heavy atom. The zero-order valence-corrected chi connectivity index (χ0v) is 9.12. The summed E-state index contributed by atoms with van der Waals surface area (Å²) in [6, 6.07) is 7.40. The average molecular weight is 193 g/mol. The van der Waals surface area contributed by atoms with E-state index >= 15 is 0 Å². The van der Waals surface area contributed by atoms with Crippen LogP contribution in [-0.4, -0.2) is 11.1 Å². The van der Waals surface area contributed by atoms with Crippen molar-refractivity contribution in [2.45, 2.75) is 33.2 Å². The number of phenols is 1. The maximum absolute atomic E-state index is 9.29. The molecule has 0 heterocycles. The Kier molecular flexibility index (Phi) is 3.17. The Morgan fingerprint density at radius 1 is 1.36 bits per heavy atom. The second kappa shape index (κ2) is 4.01. The second-order valence-electron chi connectivity index (χ2n) is 4.85. The predicted octanol–water partition coefficient (Wildman–Crippen LogP) is 2.31. The van der Waals surface area contributed by atoms with Crippen molar-refractivity contribution in [2.24, 2.45) is 11.1 Å². The molecule has 0 spiro atoms. The minimum absolute atomic E-state index is 0.103. The highest BCUT2D eigenvalue weighted by Gasteiger charge is 2.20. The van der Waals surface area contributed by atoms with Gasteiger partial charge in [0.1, 0.15) is 5.75 Å². The molecule has 0 fully saturated rings. The average Bonchev–Trinajstić information content (AvgIpc) is 2.02. The number of rotatable bonds is 2. The molecule has 2 nitrogen and oxygen atoms in total. The van der Waals surface area contributed by atoms with Gasteiger partial charge in [0.05, 0.1) is 0 Å². The van der Waals surface area contributed by atoms with Crippen molar-refractivity contribution in [3.63, 3.8) is 0 Å². The molecule has 0 aromatic heterocycles. The minimum Gasteiger partial charge on any atom is -0.508 e. The summed E-state index contributed by atoms with van der Waals surface area (Å²) >= 11 is 0. The van der Waals surface area contributed by atoms with Crippen LogP contribution >= 0.6 is 0 Å². The Balaban J connectivity index is 2.70. The first kappa shape index (κ1) is 11.1. The van der Waals surface area contributed by atoms with Gasteiger partial charge in [-0.1, -0.05) is 32.9 Å². The Hall–Kier alpha value is -1.02. The van der Waals surface area contributed by atoms with Gasteiger partial charge < -0.3 is 10.8 Å². The lowest BCUT2D eigenvalue weighted by Gasteiger charge is -2.27. The van der Waals surface area contributed by atoms with Crippen molar-refractivity contribution in [2.75, 3.05) is 0 Å². The molecule has 0 aliphatic carbocycles. The summed E-state index contributed by atoms with van der Waals surface area (Å²) in [7, 11) is 0. The zero-order chi connectivity index (χ0) is 10.8. The number of phenolic OH excluding ortho intramolecular Hbond substituents is 1. The summed E-state index contributed by atoms with van der Waals surface area (Å²) in [6.45, 7) is 6.38. The molecule has 0 saturated carbocycles. The first-order chi connectivity index (χ1) is 6.39. The van der Waals surface area contributed by atoms with E-state index in [1.165, 1.54) is 0 Å². The van der Waals surface area contributed by atoms with E-state index in [9.17, 15) is 5.11 Å². The van der Waals surface area contributed by atoms with Crippen LogP contribution in [-0.2, 0) is 6.42 Å². The molecule has 1 aromatic rings. The molecule has 1 aromatic carbocycles. The minimum atomic E-state index is 0.103. The SMILES string of the molecule is CC(C)(C)C(N)Cc1cccc(O)c1. The highest BCUT2D eigenvalue weighted by atomic mass is 16.3. The van der Waals surface area contributed by atoms with E-state index in [1.807, 2.05) is 12.1 Å². The lowest BCUT2D eigenvalue weighted by Crippen LogP contribution is -2.36. The van der Waals surface area contributed by atoms with Crippen LogP contribution in [0.3, 0.4) is 0 Å². The molecule has 0 radical (unpaired) electrons. The Labute approximate surface area is 85.8 Å². The predicted molar refractivity (Wildman–Crippen MR) is 59.2 cm³/mol. The van der Waals surface area contributed by atoms with Gasteiger partial charge >= 0.3 is 0 Å². The van der Waals surface area contributed by atoms with E-state index in [2.05, 4.69) is 20.8 Å². The van der Waals surface area contributed by atoms with Gasteiger partial charge in [-0.15, -0.1) is 0 Å². The normalized spacial score (nSPS) is 14.0. The molecule has 0 amide bonds. The fraction of sp³-hybridized carbons (Fsp3) is 0.500. The topological polar surface area (TPSA) is 46.2 Å². The summed E-state index contributed by atoms with van der Waals surface area (Å²) in [5, 5.41) is 9.29. The molecule has 0 saturated heterocycles. The number of benzene rings is 1. The highest BCUT2D eigenvalue weighted by Crippen LogP contribution is 2.21. The molecule has 0 aliphatic heterocycles. The van der Waals surface area contributed by atoms with Crippen LogP contribution < -0.4 is 5.73 Å². The Morgan fingerprint density at radius 2 is 2.00 bits per heavy atom. The Bertz CT molecular complexity index is 301. The van der Waals surface area contributed by atoms with Crippen molar-refractivity contribution >= 4 is 0 Å². The molecule has 0 aliphatic rings. The fourth-order valence-electron chi connectivity index (χ4n) is 1.24. The number of hydrogen-bond acceptors (Lipinski definition) is 2. The van der Waals surface area contributed by atoms with Crippen LogP contribution in [0.25, 0.3) is 0 Å². The van der Waals surface area contributed by atoms with E-state index in [-0.39, 0.29) is 11.5 Å². The maximum atomic E-state index is 9.29. The first-order valence-electron chi connectivity index (χ1n) is 4.93. The van der Waals surface area contributed by atoms with E-state index in [0.29, 0.717) is 5.75 Å². The second-order valence-corrected chi connectivity index (χ2v) is 4.85. The highest BCUT2D eigenvalue weighted by molar-refractivity contribution is 5.27. The fourth-order valence-corrected chi connectivity index (χ4v) is 1.24. The van der Waals surface area contributed by atoms with Crippen LogP contribution in [0.5, 0.6) is 5.75 Å². The maximum Gasteiger partial charge on any atom is 0.115 e. The van der Waals surface area contributed by atoms with Crippen LogP contribution in [0.15, 0.2) is 24.3 Å². The summed E-state index contributed by atoms with van der Waals surface area (Å²) in [4.78, 5) is 0. The largest absolute Gasteiger partial charge is 0.508 e. The number of nitrogens with two attached hydrogens (primary N) is 1. The van der Waals surface area contributed by atoms with Crippen LogP contribution in [0.4, 0.5) is 0 Å². The molecule has 78 valence electrons. The quantitative estimate of drug-likeness (QED) is 0.757. The molecular weight excluding hydrogens is 174 g/mol. The van der Waals surface area contributed by atoms with E-state index in [0.717, 1.165) is 12.0 Å². The van der Waals surface area contributed by atoms with Crippen molar-refractivity contribution < 1.29 is 5.11 Å². The summed E-state index contributed by atoms with van der Waals surface area (Å²) in [6.07, 6.45) is 0.803. The standard InChI is InChI=1S/C12H19NO/c1-12(2,3)11(13)8-9-5-4-6-10(14)7-9/h4-7,11,14H,8,13H2,1-3H3.